The minimum atomic E-state index is -0.544. The number of esters is 1. The second kappa shape index (κ2) is 9.13. The normalized spacial score (nSPS) is 20.0. The first-order valence-electron chi connectivity index (χ1n) is 8.73. The lowest BCUT2D eigenvalue weighted by Gasteiger charge is -2.29. The second-order valence-electron chi connectivity index (χ2n) is 6.51. The van der Waals surface area contributed by atoms with Gasteiger partial charge in [-0.2, -0.15) is 0 Å². The van der Waals surface area contributed by atoms with Gasteiger partial charge in [-0.15, -0.1) is 11.8 Å². The van der Waals surface area contributed by atoms with Crippen LogP contribution in [0, 0.1) is 5.92 Å². The molecule has 2 rings (SSSR count). The Morgan fingerprint density at radius 3 is 2.68 bits per heavy atom. The number of amides is 1. The number of para-hydroxylation sites is 1. The van der Waals surface area contributed by atoms with Gasteiger partial charge in [-0.3, -0.25) is 4.79 Å². The van der Waals surface area contributed by atoms with Crippen molar-refractivity contribution in [2.75, 3.05) is 19.5 Å². The highest BCUT2D eigenvalue weighted by molar-refractivity contribution is 8.00. The van der Waals surface area contributed by atoms with E-state index < -0.39 is 6.04 Å². The van der Waals surface area contributed by atoms with Crippen molar-refractivity contribution in [3.63, 3.8) is 0 Å². The monoisotopic (exact) mass is 365 g/mol. The van der Waals surface area contributed by atoms with E-state index in [2.05, 4.69) is 13.8 Å². The largest absolute Gasteiger partial charge is 0.496 e. The summed E-state index contributed by atoms with van der Waals surface area (Å²) in [6.07, 6.45) is 1.60. The summed E-state index contributed by atoms with van der Waals surface area (Å²) in [5.74, 6) is 1.03. The molecule has 6 heteroatoms. The van der Waals surface area contributed by atoms with Crippen LogP contribution in [-0.4, -0.2) is 47.7 Å². The molecule has 0 N–H and O–H groups in total. The lowest BCUT2D eigenvalue weighted by Crippen LogP contribution is -2.46. The molecule has 1 heterocycles. The number of carbonyl (C=O) groups excluding carboxylic acids is 2. The molecule has 0 bridgehead atoms. The van der Waals surface area contributed by atoms with Crippen LogP contribution in [0.25, 0.3) is 0 Å². The molecule has 0 aliphatic carbocycles. The molecule has 138 valence electrons. The topological polar surface area (TPSA) is 55.8 Å². The molecule has 1 amide bonds. The maximum Gasteiger partial charge on any atom is 0.329 e. The number of methoxy groups -OCH3 is 1. The Morgan fingerprint density at radius 1 is 1.32 bits per heavy atom. The first kappa shape index (κ1) is 19.6. The molecule has 0 spiro atoms. The molecule has 2 atom stereocenters. The maximum atomic E-state index is 13.2. The third-order valence-electron chi connectivity index (χ3n) is 4.06. The van der Waals surface area contributed by atoms with Crippen LogP contribution in [-0.2, 0) is 9.53 Å². The number of benzene rings is 1. The zero-order valence-corrected chi connectivity index (χ0v) is 16.2. The second-order valence-corrected chi connectivity index (χ2v) is 7.72. The first-order chi connectivity index (χ1) is 12.0. The SMILES string of the molecule is CCCOC(=O)C1CSC(CC(C)C)N1C(=O)c1ccccc1OC. The van der Waals surface area contributed by atoms with Crippen LogP contribution in [0.3, 0.4) is 0 Å². The zero-order valence-electron chi connectivity index (χ0n) is 15.4. The van der Waals surface area contributed by atoms with E-state index in [4.69, 9.17) is 9.47 Å². The average molecular weight is 365 g/mol. The first-order valence-corrected chi connectivity index (χ1v) is 9.78. The summed E-state index contributed by atoms with van der Waals surface area (Å²) >= 11 is 1.65. The average Bonchev–Trinajstić information content (AvgIpc) is 3.01. The zero-order chi connectivity index (χ0) is 18.4. The molecule has 0 saturated carbocycles. The van der Waals surface area contributed by atoms with E-state index in [1.165, 1.54) is 0 Å². The Morgan fingerprint density at radius 2 is 2.04 bits per heavy atom. The Bertz CT molecular complexity index is 605. The summed E-state index contributed by atoms with van der Waals surface area (Å²) in [6.45, 7) is 6.58. The Labute approximate surface area is 154 Å². The number of rotatable bonds is 7. The van der Waals surface area contributed by atoms with Crippen LogP contribution in [0.4, 0.5) is 0 Å². The molecule has 2 unspecified atom stereocenters. The third-order valence-corrected chi connectivity index (χ3v) is 5.37. The van der Waals surface area contributed by atoms with Gasteiger partial charge >= 0.3 is 5.97 Å². The van der Waals surface area contributed by atoms with Crippen LogP contribution in [0.1, 0.15) is 44.0 Å². The number of carbonyl (C=O) groups is 2. The summed E-state index contributed by atoms with van der Waals surface area (Å²) < 4.78 is 10.7. The van der Waals surface area contributed by atoms with Crippen molar-refractivity contribution in [1.82, 2.24) is 4.90 Å². The summed E-state index contributed by atoms with van der Waals surface area (Å²) in [5.41, 5.74) is 0.481. The van der Waals surface area contributed by atoms with Crippen LogP contribution >= 0.6 is 11.8 Å². The fourth-order valence-electron chi connectivity index (χ4n) is 2.86. The molecule has 25 heavy (non-hydrogen) atoms. The van der Waals surface area contributed by atoms with Gasteiger partial charge in [0.05, 0.1) is 24.7 Å². The van der Waals surface area contributed by atoms with E-state index >= 15 is 0 Å². The van der Waals surface area contributed by atoms with Crippen molar-refractivity contribution >= 4 is 23.6 Å². The van der Waals surface area contributed by atoms with Gasteiger partial charge < -0.3 is 14.4 Å². The van der Waals surface area contributed by atoms with Crippen LogP contribution < -0.4 is 4.74 Å². The van der Waals surface area contributed by atoms with E-state index in [1.807, 2.05) is 13.0 Å². The van der Waals surface area contributed by atoms with Gasteiger partial charge in [0.1, 0.15) is 11.8 Å². The minimum absolute atomic E-state index is 0.0309. The molecule has 1 saturated heterocycles. The number of hydrogen-bond acceptors (Lipinski definition) is 5. The summed E-state index contributed by atoms with van der Waals surface area (Å²) in [7, 11) is 1.55. The highest BCUT2D eigenvalue weighted by Gasteiger charge is 2.43. The molecular weight excluding hydrogens is 338 g/mol. The number of hydrogen-bond donors (Lipinski definition) is 0. The molecular formula is C19H27NO4S. The number of ether oxygens (including phenoxy) is 2. The highest BCUT2D eigenvalue weighted by atomic mass is 32.2. The molecule has 1 aromatic carbocycles. The van der Waals surface area contributed by atoms with Gasteiger partial charge in [0.15, 0.2) is 0 Å². The minimum Gasteiger partial charge on any atom is -0.496 e. The van der Waals surface area contributed by atoms with Gasteiger partial charge in [0.2, 0.25) is 0 Å². The summed E-state index contributed by atoms with van der Waals surface area (Å²) in [5, 5.41) is -0.0309. The van der Waals surface area contributed by atoms with E-state index in [0.717, 1.165) is 12.8 Å². The van der Waals surface area contributed by atoms with Crippen LogP contribution in [0.15, 0.2) is 24.3 Å². The predicted molar refractivity (Wildman–Crippen MR) is 99.9 cm³/mol. The lowest BCUT2D eigenvalue weighted by molar-refractivity contribution is -0.148. The van der Waals surface area contributed by atoms with Gasteiger partial charge in [-0.05, 0) is 30.9 Å². The molecule has 0 aromatic heterocycles. The van der Waals surface area contributed by atoms with Gasteiger partial charge in [-0.25, -0.2) is 4.79 Å². The maximum absolute atomic E-state index is 13.2. The van der Waals surface area contributed by atoms with Gasteiger partial charge in [-0.1, -0.05) is 32.9 Å². The summed E-state index contributed by atoms with van der Waals surface area (Å²) in [4.78, 5) is 27.4. The fourth-order valence-corrected chi connectivity index (χ4v) is 4.49. The van der Waals surface area contributed by atoms with Crippen molar-refractivity contribution < 1.29 is 19.1 Å². The quantitative estimate of drug-likeness (QED) is 0.691. The van der Waals surface area contributed by atoms with E-state index in [1.54, 1.807) is 42.0 Å². The Hall–Kier alpha value is -1.69. The van der Waals surface area contributed by atoms with Gasteiger partial charge in [0, 0.05) is 5.75 Å². The van der Waals surface area contributed by atoms with E-state index in [-0.39, 0.29) is 17.3 Å². The van der Waals surface area contributed by atoms with E-state index in [9.17, 15) is 9.59 Å². The number of thioether (sulfide) groups is 1. The van der Waals surface area contributed by atoms with Crippen LogP contribution in [0.2, 0.25) is 0 Å². The molecule has 1 aliphatic heterocycles. The molecule has 1 aliphatic rings. The highest BCUT2D eigenvalue weighted by Crippen LogP contribution is 2.36. The van der Waals surface area contributed by atoms with Crippen molar-refractivity contribution in [3.05, 3.63) is 29.8 Å². The number of nitrogens with zero attached hydrogens (tertiary/aromatic N) is 1. The Balaban J connectivity index is 2.30. The van der Waals surface area contributed by atoms with Crippen molar-refractivity contribution in [2.24, 2.45) is 5.92 Å². The molecule has 0 radical (unpaired) electrons. The van der Waals surface area contributed by atoms with Crippen LogP contribution in [0.5, 0.6) is 5.75 Å². The van der Waals surface area contributed by atoms with Crippen molar-refractivity contribution in [1.29, 1.82) is 0 Å². The van der Waals surface area contributed by atoms with E-state index in [0.29, 0.717) is 29.6 Å². The third kappa shape index (κ3) is 4.69. The Kier molecular flexibility index (Phi) is 7.17. The predicted octanol–water partition coefficient (Wildman–Crippen LogP) is 3.58. The smallest absolute Gasteiger partial charge is 0.329 e. The summed E-state index contributed by atoms with van der Waals surface area (Å²) in [6, 6.07) is 6.59. The standard InChI is InChI=1S/C19H27NO4S/c1-5-10-24-19(22)15-12-25-17(11-13(2)3)20(15)18(21)14-8-6-7-9-16(14)23-4/h6-9,13,15,17H,5,10-12H2,1-4H3. The lowest BCUT2D eigenvalue weighted by atomic mass is 10.1. The molecule has 1 aromatic rings. The van der Waals surface area contributed by atoms with Crippen molar-refractivity contribution in [3.8, 4) is 5.75 Å². The van der Waals surface area contributed by atoms with Crippen molar-refractivity contribution in [2.45, 2.75) is 45.0 Å². The molecule has 5 nitrogen and oxygen atoms in total. The molecule has 1 fully saturated rings. The fraction of sp³-hybridized carbons (Fsp3) is 0.579. The van der Waals surface area contributed by atoms with Gasteiger partial charge in [0.25, 0.3) is 5.91 Å².